The quantitative estimate of drug-likeness (QED) is 0.756. The van der Waals surface area contributed by atoms with Crippen LogP contribution < -0.4 is 5.32 Å². The Kier molecular flexibility index (Phi) is 7.52. The van der Waals surface area contributed by atoms with Gasteiger partial charge in [0.05, 0.1) is 30.6 Å². The van der Waals surface area contributed by atoms with E-state index in [0.29, 0.717) is 13.1 Å². The zero-order valence-electron chi connectivity index (χ0n) is 17.0. The Hall–Kier alpha value is -1.60. The number of ether oxygens (including phenoxy) is 1. The minimum atomic E-state index is -0.00431. The van der Waals surface area contributed by atoms with Crippen LogP contribution in [0.4, 0.5) is 4.79 Å². The van der Waals surface area contributed by atoms with Crippen molar-refractivity contribution in [2.75, 3.05) is 32.8 Å². The highest BCUT2D eigenvalue weighted by Crippen LogP contribution is 2.16. The van der Waals surface area contributed by atoms with Crippen LogP contribution in [0.25, 0.3) is 0 Å². The molecular weight excluding hydrogens is 342 g/mol. The Bertz CT molecular complexity index is 603. The third kappa shape index (κ3) is 5.69. The molecule has 0 saturated carbocycles. The SMILES string of the molecule is CCCCN1CCn2nc(CNC(=O)N3CCC[C@H](OCCC)C3)cc2C1. The van der Waals surface area contributed by atoms with Crippen molar-refractivity contribution in [3.05, 3.63) is 17.5 Å². The number of carbonyl (C=O) groups is 1. The summed E-state index contributed by atoms with van der Waals surface area (Å²) in [6.07, 6.45) is 5.73. The molecule has 0 bridgehead atoms. The van der Waals surface area contributed by atoms with Crippen molar-refractivity contribution in [3.63, 3.8) is 0 Å². The third-order valence-corrected chi connectivity index (χ3v) is 5.40. The zero-order valence-corrected chi connectivity index (χ0v) is 17.0. The second-order valence-electron chi connectivity index (χ2n) is 7.72. The van der Waals surface area contributed by atoms with Gasteiger partial charge in [-0.1, -0.05) is 20.3 Å². The highest BCUT2D eigenvalue weighted by molar-refractivity contribution is 5.74. The Labute approximate surface area is 163 Å². The molecule has 1 atom stereocenters. The summed E-state index contributed by atoms with van der Waals surface area (Å²) >= 11 is 0. The number of nitrogens with zero attached hydrogens (tertiary/aromatic N) is 4. The summed E-state index contributed by atoms with van der Waals surface area (Å²) in [6.45, 7) is 11.2. The molecule has 152 valence electrons. The standard InChI is InChI=1S/C20H35N5O2/c1-3-5-8-23-10-11-25-18(15-23)13-17(22-25)14-21-20(26)24-9-6-7-19(16-24)27-12-4-2/h13,19H,3-12,14-16H2,1-2H3,(H,21,26)/t19-/m0/s1. The van der Waals surface area contributed by atoms with Crippen molar-refractivity contribution in [2.24, 2.45) is 0 Å². The summed E-state index contributed by atoms with van der Waals surface area (Å²) in [5.41, 5.74) is 2.21. The number of unbranched alkanes of at least 4 members (excludes halogenated alkanes) is 1. The molecular formula is C20H35N5O2. The van der Waals surface area contributed by atoms with Crippen LogP contribution >= 0.6 is 0 Å². The average Bonchev–Trinajstić information content (AvgIpc) is 3.11. The monoisotopic (exact) mass is 377 g/mol. The fourth-order valence-electron chi connectivity index (χ4n) is 3.86. The van der Waals surface area contributed by atoms with E-state index in [1.807, 2.05) is 4.90 Å². The first-order valence-electron chi connectivity index (χ1n) is 10.6. The Balaban J connectivity index is 1.46. The molecule has 7 heteroatoms. The first-order valence-corrected chi connectivity index (χ1v) is 10.6. The first-order chi connectivity index (χ1) is 13.2. The highest BCUT2D eigenvalue weighted by atomic mass is 16.5. The van der Waals surface area contributed by atoms with E-state index in [4.69, 9.17) is 4.74 Å². The van der Waals surface area contributed by atoms with E-state index < -0.39 is 0 Å². The molecule has 3 rings (SSSR count). The lowest BCUT2D eigenvalue weighted by Crippen LogP contribution is -2.47. The number of rotatable bonds is 8. The summed E-state index contributed by atoms with van der Waals surface area (Å²) < 4.78 is 7.92. The normalized spacial score (nSPS) is 20.5. The van der Waals surface area contributed by atoms with Crippen molar-refractivity contribution in [2.45, 2.75) is 71.7 Å². The van der Waals surface area contributed by atoms with Gasteiger partial charge in [-0.05, 0) is 38.3 Å². The van der Waals surface area contributed by atoms with Gasteiger partial charge in [0.1, 0.15) is 0 Å². The second kappa shape index (κ2) is 10.1. The van der Waals surface area contributed by atoms with Crippen molar-refractivity contribution in [1.29, 1.82) is 0 Å². The summed E-state index contributed by atoms with van der Waals surface area (Å²) in [5, 5.41) is 7.71. The van der Waals surface area contributed by atoms with Gasteiger partial charge in [0.2, 0.25) is 0 Å². The number of urea groups is 1. The van der Waals surface area contributed by atoms with Crippen LogP contribution in [-0.4, -0.2) is 64.5 Å². The van der Waals surface area contributed by atoms with E-state index >= 15 is 0 Å². The summed E-state index contributed by atoms with van der Waals surface area (Å²) in [5.74, 6) is 0. The van der Waals surface area contributed by atoms with Crippen LogP contribution in [0.2, 0.25) is 0 Å². The molecule has 2 aliphatic heterocycles. The number of likely N-dealkylation sites (tertiary alicyclic amines) is 1. The van der Waals surface area contributed by atoms with E-state index in [9.17, 15) is 4.79 Å². The molecule has 1 fully saturated rings. The molecule has 1 N–H and O–H groups in total. The molecule has 7 nitrogen and oxygen atoms in total. The molecule has 3 heterocycles. The molecule has 0 radical (unpaired) electrons. The van der Waals surface area contributed by atoms with Gasteiger partial charge in [-0.25, -0.2) is 4.79 Å². The van der Waals surface area contributed by atoms with E-state index in [1.165, 1.54) is 18.5 Å². The Morgan fingerprint density at radius 2 is 2.19 bits per heavy atom. The second-order valence-corrected chi connectivity index (χ2v) is 7.72. The number of amides is 2. The van der Waals surface area contributed by atoms with Gasteiger partial charge in [0, 0.05) is 32.8 Å². The average molecular weight is 378 g/mol. The fraction of sp³-hybridized carbons (Fsp3) is 0.800. The van der Waals surface area contributed by atoms with Gasteiger partial charge in [-0.15, -0.1) is 0 Å². The van der Waals surface area contributed by atoms with Gasteiger partial charge in [0.15, 0.2) is 0 Å². The van der Waals surface area contributed by atoms with Crippen LogP contribution in [0.3, 0.4) is 0 Å². The molecule has 0 spiro atoms. The minimum Gasteiger partial charge on any atom is -0.376 e. The van der Waals surface area contributed by atoms with Crippen molar-refractivity contribution >= 4 is 6.03 Å². The maximum absolute atomic E-state index is 12.5. The van der Waals surface area contributed by atoms with Crippen LogP contribution in [0.15, 0.2) is 6.07 Å². The van der Waals surface area contributed by atoms with E-state index in [0.717, 1.165) is 64.3 Å². The molecule has 1 saturated heterocycles. The van der Waals surface area contributed by atoms with Crippen molar-refractivity contribution < 1.29 is 9.53 Å². The summed E-state index contributed by atoms with van der Waals surface area (Å²) in [7, 11) is 0. The molecule has 1 aromatic heterocycles. The Morgan fingerprint density at radius 3 is 3.00 bits per heavy atom. The number of hydrogen-bond donors (Lipinski definition) is 1. The maximum atomic E-state index is 12.5. The van der Waals surface area contributed by atoms with Crippen molar-refractivity contribution in [1.82, 2.24) is 24.9 Å². The smallest absolute Gasteiger partial charge is 0.317 e. The zero-order chi connectivity index (χ0) is 19.1. The minimum absolute atomic E-state index is 0.00431. The van der Waals surface area contributed by atoms with Crippen LogP contribution in [0, 0.1) is 0 Å². The number of fused-ring (bicyclic) bond motifs is 1. The molecule has 0 aromatic carbocycles. The lowest BCUT2D eigenvalue weighted by atomic mass is 10.1. The lowest BCUT2D eigenvalue weighted by molar-refractivity contribution is 0.01000. The summed E-state index contributed by atoms with van der Waals surface area (Å²) in [4.78, 5) is 16.9. The van der Waals surface area contributed by atoms with Gasteiger partial charge in [-0.2, -0.15) is 5.10 Å². The van der Waals surface area contributed by atoms with Gasteiger partial charge < -0.3 is 15.0 Å². The highest BCUT2D eigenvalue weighted by Gasteiger charge is 2.24. The largest absolute Gasteiger partial charge is 0.376 e. The number of hydrogen-bond acceptors (Lipinski definition) is 4. The molecule has 2 aliphatic rings. The number of aromatic nitrogens is 2. The lowest BCUT2D eigenvalue weighted by Gasteiger charge is -2.32. The number of nitrogens with one attached hydrogen (secondary N) is 1. The van der Waals surface area contributed by atoms with Gasteiger partial charge in [-0.3, -0.25) is 9.58 Å². The predicted molar refractivity (Wildman–Crippen MR) is 105 cm³/mol. The number of piperidine rings is 1. The topological polar surface area (TPSA) is 62.6 Å². The van der Waals surface area contributed by atoms with Crippen molar-refractivity contribution in [3.8, 4) is 0 Å². The van der Waals surface area contributed by atoms with E-state index in [1.54, 1.807) is 0 Å². The van der Waals surface area contributed by atoms with Crippen LogP contribution in [0.5, 0.6) is 0 Å². The molecule has 2 amide bonds. The fourth-order valence-corrected chi connectivity index (χ4v) is 3.86. The molecule has 0 unspecified atom stereocenters. The van der Waals surface area contributed by atoms with Gasteiger partial charge in [0.25, 0.3) is 0 Å². The Morgan fingerprint density at radius 1 is 1.30 bits per heavy atom. The van der Waals surface area contributed by atoms with E-state index in [-0.39, 0.29) is 12.1 Å². The summed E-state index contributed by atoms with van der Waals surface area (Å²) in [6, 6.07) is 2.14. The maximum Gasteiger partial charge on any atom is 0.317 e. The van der Waals surface area contributed by atoms with Crippen LogP contribution in [-0.2, 0) is 24.4 Å². The van der Waals surface area contributed by atoms with Crippen LogP contribution in [0.1, 0.15) is 57.3 Å². The molecule has 0 aliphatic carbocycles. The molecule has 27 heavy (non-hydrogen) atoms. The predicted octanol–water partition coefficient (Wildman–Crippen LogP) is 2.60. The number of carbonyl (C=O) groups excluding carboxylic acids is 1. The third-order valence-electron chi connectivity index (χ3n) is 5.40. The molecule has 1 aromatic rings. The van der Waals surface area contributed by atoms with Gasteiger partial charge >= 0.3 is 6.03 Å². The first kappa shape index (κ1) is 20.1. The van der Waals surface area contributed by atoms with E-state index in [2.05, 4.69) is 39.9 Å².